The van der Waals surface area contributed by atoms with Gasteiger partial charge >= 0.3 is 0 Å². The molecule has 4 heteroatoms. The fourth-order valence-electron chi connectivity index (χ4n) is 2.05. The monoisotopic (exact) mass is 285 g/mol. The fraction of sp³-hybridized carbons (Fsp3) is 0.125. The van der Waals surface area contributed by atoms with Crippen molar-refractivity contribution in [3.63, 3.8) is 0 Å². The van der Waals surface area contributed by atoms with E-state index in [9.17, 15) is 9.18 Å². The Labute approximate surface area is 119 Å². The first kappa shape index (κ1) is 12.9. The number of ketones is 1. The van der Waals surface area contributed by atoms with Crippen LogP contribution in [-0.4, -0.2) is 10.8 Å². The zero-order chi connectivity index (χ0) is 14.1. The lowest BCUT2D eigenvalue weighted by molar-refractivity contribution is 0.0993. The lowest BCUT2D eigenvalue weighted by atomic mass is 10.1. The minimum atomic E-state index is -0.290. The normalized spacial score (nSPS) is 10.9. The quantitative estimate of drug-likeness (QED) is 0.676. The highest BCUT2D eigenvalue weighted by atomic mass is 32.1. The van der Waals surface area contributed by atoms with E-state index in [0.29, 0.717) is 11.1 Å². The summed E-state index contributed by atoms with van der Waals surface area (Å²) in [6.07, 6.45) is 0.254. The topological polar surface area (TPSA) is 30.0 Å². The van der Waals surface area contributed by atoms with Crippen LogP contribution in [-0.2, 0) is 6.42 Å². The van der Waals surface area contributed by atoms with Crippen LogP contribution in [0.4, 0.5) is 4.39 Å². The number of para-hydroxylation sites is 1. The highest BCUT2D eigenvalue weighted by Crippen LogP contribution is 2.23. The molecule has 2 nitrogen and oxygen atoms in total. The maximum absolute atomic E-state index is 13.2. The summed E-state index contributed by atoms with van der Waals surface area (Å²) in [6, 6.07) is 12.3. The SMILES string of the molecule is Cc1cc(C(=O)Cc2nc3ccccc3s2)ccc1F. The molecule has 0 saturated heterocycles. The number of Topliss-reactive ketones (excluding diaryl/α,β-unsaturated/α-hetero) is 1. The molecule has 0 unspecified atom stereocenters. The third kappa shape index (κ3) is 2.47. The predicted octanol–water partition coefficient (Wildman–Crippen LogP) is 4.17. The molecule has 0 fully saturated rings. The van der Waals surface area contributed by atoms with E-state index in [1.54, 1.807) is 13.0 Å². The Hall–Kier alpha value is -2.07. The Morgan fingerprint density at radius 1 is 1.25 bits per heavy atom. The molecule has 0 aliphatic heterocycles. The molecule has 3 rings (SSSR count). The van der Waals surface area contributed by atoms with Gasteiger partial charge in [0.2, 0.25) is 0 Å². The maximum Gasteiger partial charge on any atom is 0.169 e. The molecule has 0 atom stereocenters. The number of benzene rings is 2. The minimum Gasteiger partial charge on any atom is -0.294 e. The van der Waals surface area contributed by atoms with Gasteiger partial charge in [0.05, 0.1) is 16.6 Å². The molecular weight excluding hydrogens is 273 g/mol. The highest BCUT2D eigenvalue weighted by Gasteiger charge is 2.12. The molecule has 20 heavy (non-hydrogen) atoms. The molecule has 3 aromatic rings. The van der Waals surface area contributed by atoms with Crippen LogP contribution in [0, 0.1) is 12.7 Å². The average Bonchev–Trinajstić information content (AvgIpc) is 2.83. The number of halogens is 1. The van der Waals surface area contributed by atoms with Crippen LogP contribution in [0.5, 0.6) is 0 Å². The molecule has 1 heterocycles. The Morgan fingerprint density at radius 2 is 2.05 bits per heavy atom. The van der Waals surface area contributed by atoms with Crippen molar-refractivity contribution in [2.24, 2.45) is 0 Å². The predicted molar refractivity (Wildman–Crippen MR) is 78.8 cm³/mol. The number of carbonyl (C=O) groups is 1. The number of rotatable bonds is 3. The molecule has 2 aromatic carbocycles. The van der Waals surface area contributed by atoms with E-state index in [1.165, 1.54) is 23.5 Å². The van der Waals surface area contributed by atoms with E-state index in [4.69, 9.17) is 0 Å². The number of hydrogen-bond donors (Lipinski definition) is 0. The van der Waals surface area contributed by atoms with Crippen molar-refractivity contribution in [3.05, 3.63) is 64.4 Å². The largest absolute Gasteiger partial charge is 0.294 e. The van der Waals surface area contributed by atoms with Crippen LogP contribution in [0.3, 0.4) is 0 Å². The van der Waals surface area contributed by atoms with E-state index in [-0.39, 0.29) is 18.0 Å². The van der Waals surface area contributed by atoms with Crippen molar-refractivity contribution in [1.82, 2.24) is 4.98 Å². The molecular formula is C16H12FNOS. The maximum atomic E-state index is 13.2. The summed E-state index contributed by atoms with van der Waals surface area (Å²) in [5.74, 6) is -0.325. The first-order chi connectivity index (χ1) is 9.63. The van der Waals surface area contributed by atoms with Gasteiger partial charge in [0.1, 0.15) is 10.8 Å². The molecule has 0 N–H and O–H groups in total. The van der Waals surface area contributed by atoms with Gasteiger partial charge in [0.25, 0.3) is 0 Å². The number of nitrogens with zero attached hydrogens (tertiary/aromatic N) is 1. The van der Waals surface area contributed by atoms with Gasteiger partial charge in [-0.25, -0.2) is 9.37 Å². The number of aryl methyl sites for hydroxylation is 1. The van der Waals surface area contributed by atoms with Crippen molar-refractivity contribution in [3.8, 4) is 0 Å². The standard InChI is InChI=1S/C16H12FNOS/c1-10-8-11(6-7-12(10)17)14(19)9-16-18-13-4-2-3-5-15(13)20-16/h2-8H,9H2,1H3. The van der Waals surface area contributed by atoms with Gasteiger partial charge in [-0.15, -0.1) is 11.3 Å². The number of aromatic nitrogens is 1. The molecule has 0 bridgehead atoms. The second kappa shape index (κ2) is 5.13. The van der Waals surface area contributed by atoms with Gasteiger partial charge in [-0.1, -0.05) is 12.1 Å². The summed E-state index contributed by atoms with van der Waals surface area (Å²) in [4.78, 5) is 16.6. The molecule has 0 aliphatic rings. The van der Waals surface area contributed by atoms with Crippen molar-refractivity contribution >= 4 is 27.3 Å². The van der Waals surface area contributed by atoms with Gasteiger partial charge in [-0.3, -0.25) is 4.79 Å². The van der Waals surface area contributed by atoms with Gasteiger partial charge in [0.15, 0.2) is 5.78 Å². The number of thiazole rings is 1. The van der Waals surface area contributed by atoms with Crippen molar-refractivity contribution in [1.29, 1.82) is 0 Å². The van der Waals surface area contributed by atoms with Crippen molar-refractivity contribution in [2.75, 3.05) is 0 Å². The molecule has 1 aromatic heterocycles. The number of carbonyl (C=O) groups excluding carboxylic acids is 1. The third-order valence-electron chi connectivity index (χ3n) is 3.13. The molecule has 0 radical (unpaired) electrons. The number of fused-ring (bicyclic) bond motifs is 1. The van der Waals surface area contributed by atoms with Crippen LogP contribution in [0.1, 0.15) is 20.9 Å². The van der Waals surface area contributed by atoms with E-state index in [0.717, 1.165) is 15.2 Å². The summed E-state index contributed by atoms with van der Waals surface area (Å²) in [7, 11) is 0. The smallest absolute Gasteiger partial charge is 0.169 e. The van der Waals surface area contributed by atoms with Crippen molar-refractivity contribution < 1.29 is 9.18 Å². The molecule has 0 aliphatic carbocycles. The summed E-state index contributed by atoms with van der Waals surface area (Å²) in [5, 5.41) is 0.790. The summed E-state index contributed by atoms with van der Waals surface area (Å²) in [5.41, 5.74) is 1.93. The second-order valence-corrected chi connectivity index (χ2v) is 5.75. The minimum absolute atomic E-state index is 0.0350. The fourth-order valence-corrected chi connectivity index (χ4v) is 3.02. The molecule has 0 amide bonds. The third-order valence-corrected chi connectivity index (χ3v) is 4.17. The Morgan fingerprint density at radius 3 is 2.80 bits per heavy atom. The van der Waals surface area contributed by atoms with Crippen LogP contribution >= 0.6 is 11.3 Å². The Kier molecular flexibility index (Phi) is 3.32. The lowest BCUT2D eigenvalue weighted by Gasteiger charge is -2.01. The second-order valence-electron chi connectivity index (χ2n) is 4.64. The summed E-state index contributed by atoms with van der Waals surface area (Å²) in [6.45, 7) is 1.66. The lowest BCUT2D eigenvalue weighted by Crippen LogP contribution is -2.04. The van der Waals surface area contributed by atoms with Gasteiger partial charge in [-0.05, 0) is 42.8 Å². The average molecular weight is 285 g/mol. The zero-order valence-electron chi connectivity index (χ0n) is 10.9. The van der Waals surface area contributed by atoms with Gasteiger partial charge < -0.3 is 0 Å². The first-order valence-corrected chi connectivity index (χ1v) is 7.09. The van der Waals surface area contributed by atoms with Crippen molar-refractivity contribution in [2.45, 2.75) is 13.3 Å². The Balaban J connectivity index is 1.86. The van der Waals surface area contributed by atoms with E-state index >= 15 is 0 Å². The number of hydrogen-bond acceptors (Lipinski definition) is 3. The highest BCUT2D eigenvalue weighted by molar-refractivity contribution is 7.18. The van der Waals surface area contributed by atoms with Crippen LogP contribution in [0.15, 0.2) is 42.5 Å². The van der Waals surface area contributed by atoms with Crippen LogP contribution in [0.2, 0.25) is 0 Å². The van der Waals surface area contributed by atoms with E-state index in [2.05, 4.69) is 4.98 Å². The molecule has 100 valence electrons. The summed E-state index contributed by atoms with van der Waals surface area (Å²) >= 11 is 1.52. The first-order valence-electron chi connectivity index (χ1n) is 6.27. The molecule has 0 spiro atoms. The van der Waals surface area contributed by atoms with Gasteiger partial charge in [-0.2, -0.15) is 0 Å². The van der Waals surface area contributed by atoms with Gasteiger partial charge in [0, 0.05) is 5.56 Å². The zero-order valence-corrected chi connectivity index (χ0v) is 11.7. The Bertz CT molecular complexity index is 761. The van der Waals surface area contributed by atoms with E-state index in [1.807, 2.05) is 24.3 Å². The molecule has 0 saturated carbocycles. The van der Waals surface area contributed by atoms with Crippen LogP contribution < -0.4 is 0 Å². The van der Waals surface area contributed by atoms with E-state index < -0.39 is 0 Å². The summed E-state index contributed by atoms with van der Waals surface area (Å²) < 4.78 is 14.3. The van der Waals surface area contributed by atoms with Crippen LogP contribution in [0.25, 0.3) is 10.2 Å².